The Kier molecular flexibility index (Phi) is 2.81. The van der Waals surface area contributed by atoms with E-state index in [0.29, 0.717) is 12.5 Å². The Labute approximate surface area is 106 Å². The van der Waals surface area contributed by atoms with Crippen LogP contribution >= 0.6 is 0 Å². The largest absolute Gasteiger partial charge is 0.393 e. The quantitative estimate of drug-likeness (QED) is 0.806. The maximum atomic E-state index is 12.3. The Bertz CT molecular complexity index is 433. The van der Waals surface area contributed by atoms with E-state index in [2.05, 4.69) is 10.1 Å². The lowest BCUT2D eigenvalue weighted by Gasteiger charge is -2.22. The highest BCUT2D eigenvalue weighted by Gasteiger charge is 2.44. The van der Waals surface area contributed by atoms with E-state index in [1.807, 2.05) is 11.8 Å². The highest BCUT2D eigenvalue weighted by atomic mass is 16.3. The first-order chi connectivity index (χ1) is 8.66. The summed E-state index contributed by atoms with van der Waals surface area (Å²) >= 11 is 0. The lowest BCUT2D eigenvalue weighted by Crippen LogP contribution is -2.36. The molecule has 4 atom stereocenters. The molecule has 1 saturated heterocycles. The Hall–Kier alpha value is -1.43. The van der Waals surface area contributed by atoms with Crippen LogP contribution < -0.4 is 0 Å². The minimum absolute atomic E-state index is 0.0714. The number of nitrogens with zero attached hydrogens (tertiary/aromatic N) is 4. The number of aliphatic hydroxyl groups excluding tert-OH is 1. The summed E-state index contributed by atoms with van der Waals surface area (Å²) in [7, 11) is 0. The summed E-state index contributed by atoms with van der Waals surface area (Å²) in [5.41, 5.74) is 0. The van der Waals surface area contributed by atoms with Gasteiger partial charge in [0, 0.05) is 19.0 Å². The average molecular weight is 250 g/mol. The van der Waals surface area contributed by atoms with Crippen molar-refractivity contribution >= 4 is 5.91 Å². The van der Waals surface area contributed by atoms with Crippen LogP contribution in [0.15, 0.2) is 12.7 Å². The molecule has 18 heavy (non-hydrogen) atoms. The molecule has 0 bridgehead atoms. The number of likely N-dealkylation sites (tertiary alicyclic amines) is 1. The van der Waals surface area contributed by atoms with E-state index in [1.165, 1.54) is 6.33 Å². The van der Waals surface area contributed by atoms with Crippen molar-refractivity contribution in [2.45, 2.75) is 31.9 Å². The summed E-state index contributed by atoms with van der Waals surface area (Å²) in [6.07, 6.45) is 4.69. The third-order valence-corrected chi connectivity index (χ3v) is 4.32. The Balaban J connectivity index is 1.68. The van der Waals surface area contributed by atoms with E-state index >= 15 is 0 Å². The van der Waals surface area contributed by atoms with E-state index in [0.717, 1.165) is 19.4 Å². The van der Waals surface area contributed by atoms with Crippen LogP contribution in [0.25, 0.3) is 0 Å². The molecule has 0 aromatic carbocycles. The third kappa shape index (κ3) is 1.80. The number of carbonyl (C=O) groups excluding carboxylic acids is 1. The predicted octanol–water partition coefficient (Wildman–Crippen LogP) is 0.0684. The summed E-state index contributed by atoms with van der Waals surface area (Å²) in [4.78, 5) is 18.1. The lowest BCUT2D eigenvalue weighted by atomic mass is 10.00. The molecule has 1 amide bonds. The molecule has 1 aliphatic heterocycles. The standard InChI is InChI=1S/C12H18N4O2/c1-8(16-7-13-6-14-16)12(18)15-4-9-2-3-11(17)10(9)5-15/h6-11,17H,2-5H2,1H3. The fourth-order valence-corrected chi connectivity index (χ4v) is 3.21. The Morgan fingerprint density at radius 2 is 2.28 bits per heavy atom. The summed E-state index contributed by atoms with van der Waals surface area (Å²) in [6.45, 7) is 3.30. The zero-order chi connectivity index (χ0) is 12.7. The molecule has 4 unspecified atom stereocenters. The van der Waals surface area contributed by atoms with Crippen LogP contribution in [0, 0.1) is 11.8 Å². The molecule has 1 N–H and O–H groups in total. The van der Waals surface area contributed by atoms with Crippen LogP contribution in [0.5, 0.6) is 0 Å². The van der Waals surface area contributed by atoms with Crippen molar-refractivity contribution < 1.29 is 9.90 Å². The molecule has 98 valence electrons. The first-order valence-electron chi connectivity index (χ1n) is 6.48. The molecule has 0 spiro atoms. The molecule has 3 rings (SSSR count). The molecule has 1 aromatic rings. The monoisotopic (exact) mass is 250 g/mol. The van der Waals surface area contributed by atoms with Crippen LogP contribution in [0.3, 0.4) is 0 Å². The summed E-state index contributed by atoms with van der Waals surface area (Å²) in [6, 6.07) is -0.316. The van der Waals surface area contributed by atoms with Crippen molar-refractivity contribution in [1.29, 1.82) is 0 Å². The van der Waals surface area contributed by atoms with Crippen molar-refractivity contribution in [3.05, 3.63) is 12.7 Å². The number of rotatable bonds is 2. The van der Waals surface area contributed by atoms with Crippen LogP contribution in [0.2, 0.25) is 0 Å². The van der Waals surface area contributed by atoms with Crippen LogP contribution in [-0.4, -0.2) is 49.9 Å². The van der Waals surface area contributed by atoms with Crippen molar-refractivity contribution in [2.24, 2.45) is 11.8 Å². The summed E-state index contributed by atoms with van der Waals surface area (Å²) < 4.78 is 1.58. The first kappa shape index (κ1) is 11.6. The van der Waals surface area contributed by atoms with Crippen molar-refractivity contribution in [2.75, 3.05) is 13.1 Å². The van der Waals surface area contributed by atoms with Gasteiger partial charge >= 0.3 is 0 Å². The number of carbonyl (C=O) groups is 1. The molecule has 2 aliphatic rings. The Morgan fingerprint density at radius 1 is 1.44 bits per heavy atom. The highest BCUT2D eigenvalue weighted by molar-refractivity contribution is 5.80. The third-order valence-electron chi connectivity index (χ3n) is 4.32. The average Bonchev–Trinajstić information content (AvgIpc) is 3.06. The van der Waals surface area contributed by atoms with Gasteiger partial charge in [0.2, 0.25) is 5.91 Å². The van der Waals surface area contributed by atoms with Gasteiger partial charge in [0.15, 0.2) is 0 Å². The molecular weight excluding hydrogens is 232 g/mol. The number of fused-ring (bicyclic) bond motifs is 1. The van der Waals surface area contributed by atoms with E-state index in [4.69, 9.17) is 0 Å². The number of hydrogen-bond donors (Lipinski definition) is 1. The SMILES string of the molecule is CC(C(=O)N1CC2CCC(O)C2C1)n1cncn1. The van der Waals surface area contributed by atoms with Gasteiger partial charge in [0.25, 0.3) is 0 Å². The van der Waals surface area contributed by atoms with Gasteiger partial charge < -0.3 is 10.0 Å². The zero-order valence-corrected chi connectivity index (χ0v) is 10.4. The fraction of sp³-hybridized carbons (Fsp3) is 0.750. The van der Waals surface area contributed by atoms with Crippen LogP contribution in [0.4, 0.5) is 0 Å². The van der Waals surface area contributed by atoms with E-state index < -0.39 is 0 Å². The molecule has 1 aliphatic carbocycles. The lowest BCUT2D eigenvalue weighted by molar-refractivity contribution is -0.134. The van der Waals surface area contributed by atoms with Gasteiger partial charge in [-0.15, -0.1) is 0 Å². The van der Waals surface area contributed by atoms with Gasteiger partial charge in [-0.05, 0) is 25.7 Å². The smallest absolute Gasteiger partial charge is 0.247 e. The van der Waals surface area contributed by atoms with Crippen molar-refractivity contribution in [3.63, 3.8) is 0 Å². The number of aliphatic hydroxyl groups is 1. The zero-order valence-electron chi connectivity index (χ0n) is 10.4. The molecule has 6 nitrogen and oxygen atoms in total. The number of hydrogen-bond acceptors (Lipinski definition) is 4. The van der Waals surface area contributed by atoms with Crippen LogP contribution in [-0.2, 0) is 4.79 Å². The molecule has 0 radical (unpaired) electrons. The summed E-state index contributed by atoms with van der Waals surface area (Å²) in [5.74, 6) is 0.825. The molecule has 1 saturated carbocycles. The van der Waals surface area contributed by atoms with E-state index in [-0.39, 0.29) is 24.0 Å². The second kappa shape index (κ2) is 4.35. The topological polar surface area (TPSA) is 71.2 Å². The predicted molar refractivity (Wildman–Crippen MR) is 63.5 cm³/mol. The highest BCUT2D eigenvalue weighted by Crippen LogP contribution is 2.38. The van der Waals surface area contributed by atoms with Gasteiger partial charge in [-0.2, -0.15) is 5.10 Å². The van der Waals surface area contributed by atoms with E-state index in [9.17, 15) is 9.90 Å². The van der Waals surface area contributed by atoms with Crippen LogP contribution in [0.1, 0.15) is 25.8 Å². The Morgan fingerprint density at radius 3 is 2.94 bits per heavy atom. The minimum atomic E-state index is -0.316. The van der Waals surface area contributed by atoms with Crippen molar-refractivity contribution in [3.8, 4) is 0 Å². The molecular formula is C12H18N4O2. The fourth-order valence-electron chi connectivity index (χ4n) is 3.21. The summed E-state index contributed by atoms with van der Waals surface area (Å²) in [5, 5.41) is 13.9. The number of amides is 1. The number of aromatic nitrogens is 3. The second-order valence-electron chi connectivity index (χ2n) is 5.36. The maximum Gasteiger partial charge on any atom is 0.247 e. The molecule has 2 fully saturated rings. The van der Waals surface area contributed by atoms with Gasteiger partial charge in [-0.1, -0.05) is 0 Å². The van der Waals surface area contributed by atoms with Gasteiger partial charge in [0.05, 0.1) is 6.10 Å². The normalized spacial score (nSPS) is 32.6. The van der Waals surface area contributed by atoms with Gasteiger partial charge in [-0.3, -0.25) is 4.79 Å². The van der Waals surface area contributed by atoms with Gasteiger partial charge in [-0.25, -0.2) is 9.67 Å². The molecule has 6 heteroatoms. The molecule has 1 aromatic heterocycles. The van der Waals surface area contributed by atoms with Gasteiger partial charge in [0.1, 0.15) is 18.7 Å². The van der Waals surface area contributed by atoms with E-state index in [1.54, 1.807) is 11.0 Å². The maximum absolute atomic E-state index is 12.3. The first-order valence-corrected chi connectivity index (χ1v) is 6.48. The minimum Gasteiger partial charge on any atom is -0.393 e. The molecule has 2 heterocycles. The second-order valence-corrected chi connectivity index (χ2v) is 5.36. The van der Waals surface area contributed by atoms with Crippen molar-refractivity contribution in [1.82, 2.24) is 19.7 Å².